The van der Waals surface area contributed by atoms with Gasteiger partial charge in [-0.05, 0) is 48.7 Å². The van der Waals surface area contributed by atoms with Crippen molar-refractivity contribution in [1.82, 2.24) is 15.6 Å². The van der Waals surface area contributed by atoms with Crippen LogP contribution in [0, 0.1) is 0 Å². The van der Waals surface area contributed by atoms with Gasteiger partial charge in [-0.3, -0.25) is 9.59 Å². The second kappa shape index (κ2) is 8.59. The van der Waals surface area contributed by atoms with E-state index in [0.717, 1.165) is 21.4 Å². The Hall–Kier alpha value is -3.32. The summed E-state index contributed by atoms with van der Waals surface area (Å²) < 4.78 is 0. The number of urea groups is 1. The van der Waals surface area contributed by atoms with Gasteiger partial charge in [-0.2, -0.15) is 0 Å². The second-order valence-corrected chi connectivity index (χ2v) is 7.59. The SMILES string of the molecule is O=C(CC[C@H]1NC(=O)N(c2ccccc2)C1=O)NCCc1c[nH]c2ccc(Cl)cc12. The number of hydrogen-bond donors (Lipinski definition) is 3. The molecule has 0 unspecified atom stereocenters. The molecule has 4 rings (SSSR count). The van der Waals surface area contributed by atoms with Crippen LogP contribution in [0.15, 0.2) is 54.7 Å². The fourth-order valence-corrected chi connectivity index (χ4v) is 3.78. The molecule has 3 N–H and O–H groups in total. The third-order valence-electron chi connectivity index (χ3n) is 5.14. The lowest BCUT2D eigenvalue weighted by Gasteiger charge is -2.12. The molecule has 1 aliphatic heterocycles. The maximum atomic E-state index is 12.5. The first-order valence-electron chi connectivity index (χ1n) is 9.74. The maximum Gasteiger partial charge on any atom is 0.329 e. The van der Waals surface area contributed by atoms with E-state index in [4.69, 9.17) is 11.6 Å². The highest BCUT2D eigenvalue weighted by molar-refractivity contribution is 6.31. The number of nitrogens with zero attached hydrogens (tertiary/aromatic N) is 1. The molecule has 3 aromatic rings. The van der Waals surface area contributed by atoms with Gasteiger partial charge in [0.25, 0.3) is 5.91 Å². The minimum atomic E-state index is -0.695. The molecule has 1 atom stereocenters. The lowest BCUT2D eigenvalue weighted by molar-refractivity contribution is -0.121. The topological polar surface area (TPSA) is 94.3 Å². The monoisotopic (exact) mass is 424 g/mol. The Morgan fingerprint density at radius 3 is 2.73 bits per heavy atom. The Balaban J connectivity index is 1.26. The van der Waals surface area contributed by atoms with Crippen molar-refractivity contribution in [1.29, 1.82) is 0 Å². The number of benzene rings is 2. The van der Waals surface area contributed by atoms with Gasteiger partial charge >= 0.3 is 6.03 Å². The number of imide groups is 1. The molecule has 8 heteroatoms. The van der Waals surface area contributed by atoms with E-state index in [-0.39, 0.29) is 24.7 Å². The minimum absolute atomic E-state index is 0.152. The lowest BCUT2D eigenvalue weighted by atomic mass is 10.1. The standard InChI is InChI=1S/C22H21ClN4O3/c23-15-6-7-18-17(12-15)14(13-25-18)10-11-24-20(28)9-8-19-21(29)27(22(30)26-19)16-4-2-1-3-5-16/h1-7,12-13,19,25H,8-11H2,(H,24,28)(H,26,30)/t19-/m1/s1. The lowest BCUT2D eigenvalue weighted by Crippen LogP contribution is -2.33. The number of aromatic nitrogens is 1. The first-order chi connectivity index (χ1) is 14.5. The van der Waals surface area contributed by atoms with Crippen LogP contribution in [0.4, 0.5) is 10.5 Å². The van der Waals surface area contributed by atoms with E-state index in [9.17, 15) is 14.4 Å². The van der Waals surface area contributed by atoms with Crippen LogP contribution in [-0.4, -0.2) is 35.4 Å². The van der Waals surface area contributed by atoms with Crippen LogP contribution in [0.3, 0.4) is 0 Å². The number of halogens is 1. The van der Waals surface area contributed by atoms with Gasteiger partial charge in [-0.15, -0.1) is 0 Å². The fraction of sp³-hybridized carbons (Fsp3) is 0.227. The average molecular weight is 425 g/mol. The van der Waals surface area contributed by atoms with Crippen LogP contribution in [0.25, 0.3) is 10.9 Å². The van der Waals surface area contributed by atoms with Gasteiger partial charge < -0.3 is 15.6 Å². The van der Waals surface area contributed by atoms with Crippen molar-refractivity contribution in [2.24, 2.45) is 0 Å². The summed E-state index contributed by atoms with van der Waals surface area (Å²) in [5.74, 6) is -0.497. The summed E-state index contributed by atoms with van der Waals surface area (Å²) in [5.41, 5.74) is 2.59. The summed E-state index contributed by atoms with van der Waals surface area (Å²) >= 11 is 6.06. The van der Waals surface area contributed by atoms with Gasteiger partial charge in [0.2, 0.25) is 5.91 Å². The predicted molar refractivity (Wildman–Crippen MR) is 116 cm³/mol. The second-order valence-electron chi connectivity index (χ2n) is 7.15. The molecule has 2 heterocycles. The van der Waals surface area contributed by atoms with Gasteiger partial charge in [-0.25, -0.2) is 9.69 Å². The van der Waals surface area contributed by atoms with E-state index in [1.807, 2.05) is 30.5 Å². The summed E-state index contributed by atoms with van der Waals surface area (Å²) in [7, 11) is 0. The van der Waals surface area contributed by atoms with Crippen molar-refractivity contribution < 1.29 is 14.4 Å². The van der Waals surface area contributed by atoms with E-state index >= 15 is 0 Å². The highest BCUT2D eigenvalue weighted by Crippen LogP contribution is 2.23. The first-order valence-corrected chi connectivity index (χ1v) is 10.1. The molecule has 30 heavy (non-hydrogen) atoms. The third-order valence-corrected chi connectivity index (χ3v) is 5.37. The molecule has 154 valence electrons. The molecule has 4 amide bonds. The molecule has 0 radical (unpaired) electrons. The van der Waals surface area contributed by atoms with Gasteiger partial charge in [0.15, 0.2) is 0 Å². The molecule has 2 aromatic carbocycles. The molecule has 0 saturated carbocycles. The van der Waals surface area contributed by atoms with Crippen molar-refractivity contribution in [3.05, 3.63) is 65.3 Å². The molecule has 1 aromatic heterocycles. The van der Waals surface area contributed by atoms with E-state index in [1.165, 1.54) is 0 Å². The van der Waals surface area contributed by atoms with Gasteiger partial charge in [0, 0.05) is 35.1 Å². The minimum Gasteiger partial charge on any atom is -0.361 e. The van der Waals surface area contributed by atoms with Crippen molar-refractivity contribution in [3.8, 4) is 0 Å². The van der Waals surface area contributed by atoms with Crippen LogP contribution in [0.1, 0.15) is 18.4 Å². The molecule has 0 bridgehead atoms. The number of fused-ring (bicyclic) bond motifs is 1. The van der Waals surface area contributed by atoms with E-state index in [0.29, 0.717) is 23.7 Å². The molecule has 0 aliphatic carbocycles. The zero-order chi connectivity index (χ0) is 21.1. The molecule has 7 nitrogen and oxygen atoms in total. The van der Waals surface area contributed by atoms with Crippen molar-refractivity contribution in [3.63, 3.8) is 0 Å². The Morgan fingerprint density at radius 2 is 1.93 bits per heavy atom. The Morgan fingerprint density at radius 1 is 1.13 bits per heavy atom. The zero-order valence-electron chi connectivity index (χ0n) is 16.2. The summed E-state index contributed by atoms with van der Waals surface area (Å²) in [6.07, 6.45) is 2.98. The molecular formula is C22H21ClN4O3. The van der Waals surface area contributed by atoms with Crippen LogP contribution < -0.4 is 15.5 Å². The fourth-order valence-electron chi connectivity index (χ4n) is 3.61. The zero-order valence-corrected chi connectivity index (χ0v) is 16.9. The Labute approximate surface area is 178 Å². The van der Waals surface area contributed by atoms with Crippen LogP contribution in [0.2, 0.25) is 5.02 Å². The third kappa shape index (κ3) is 4.16. The van der Waals surface area contributed by atoms with Crippen molar-refractivity contribution in [2.45, 2.75) is 25.3 Å². The smallest absolute Gasteiger partial charge is 0.329 e. The largest absolute Gasteiger partial charge is 0.361 e. The molecule has 0 spiro atoms. The highest BCUT2D eigenvalue weighted by atomic mass is 35.5. The predicted octanol–water partition coefficient (Wildman–Crippen LogP) is 3.39. The van der Waals surface area contributed by atoms with Crippen molar-refractivity contribution in [2.75, 3.05) is 11.4 Å². The summed E-state index contributed by atoms with van der Waals surface area (Å²) in [6.45, 7) is 0.472. The van der Waals surface area contributed by atoms with Crippen molar-refractivity contribution >= 4 is 46.0 Å². The van der Waals surface area contributed by atoms with Gasteiger partial charge in [0.05, 0.1) is 5.69 Å². The number of amides is 4. The van der Waals surface area contributed by atoms with Gasteiger partial charge in [-0.1, -0.05) is 29.8 Å². The normalized spacial score (nSPS) is 16.2. The number of aromatic amines is 1. The highest BCUT2D eigenvalue weighted by Gasteiger charge is 2.38. The van der Waals surface area contributed by atoms with Crippen LogP contribution in [0.5, 0.6) is 0 Å². The number of carbonyl (C=O) groups excluding carboxylic acids is 3. The first kappa shape index (κ1) is 20.0. The Kier molecular flexibility index (Phi) is 5.72. The number of anilines is 1. The molecule has 1 saturated heterocycles. The van der Waals surface area contributed by atoms with E-state index in [2.05, 4.69) is 15.6 Å². The van der Waals surface area contributed by atoms with Crippen LogP contribution >= 0.6 is 11.6 Å². The van der Waals surface area contributed by atoms with E-state index in [1.54, 1.807) is 24.3 Å². The molecular weight excluding hydrogens is 404 g/mol. The summed E-state index contributed by atoms with van der Waals surface area (Å²) in [6, 6.07) is 13.2. The number of carbonyl (C=O) groups is 3. The van der Waals surface area contributed by atoms with Crippen LogP contribution in [-0.2, 0) is 16.0 Å². The maximum absolute atomic E-state index is 12.5. The molecule has 1 aliphatic rings. The average Bonchev–Trinajstić information content (AvgIpc) is 3.26. The Bertz CT molecular complexity index is 1100. The van der Waals surface area contributed by atoms with Gasteiger partial charge in [0.1, 0.15) is 6.04 Å². The summed E-state index contributed by atoms with van der Waals surface area (Å²) in [5, 5.41) is 7.23. The molecule has 1 fully saturated rings. The number of hydrogen-bond acceptors (Lipinski definition) is 3. The number of H-pyrrole nitrogens is 1. The number of para-hydroxylation sites is 1. The van der Waals surface area contributed by atoms with E-state index < -0.39 is 12.1 Å². The number of rotatable bonds is 7. The quantitative estimate of drug-likeness (QED) is 0.507. The summed E-state index contributed by atoms with van der Waals surface area (Å²) in [4.78, 5) is 41.2. The number of nitrogens with one attached hydrogen (secondary N) is 3.